The molecule has 7 heteroatoms. The van der Waals surface area contributed by atoms with Gasteiger partial charge in [0.05, 0.1) is 29.3 Å². The third-order valence-electron chi connectivity index (χ3n) is 7.87. The minimum Gasteiger partial charge on any atom is -0.497 e. The average molecular weight is 527 g/mol. The van der Waals surface area contributed by atoms with E-state index < -0.39 is 23.4 Å². The number of hydrogen-bond donors (Lipinski definition) is 1. The molecule has 0 bridgehead atoms. The summed E-state index contributed by atoms with van der Waals surface area (Å²) in [6.07, 6.45) is 0. The van der Waals surface area contributed by atoms with Crippen LogP contribution in [0, 0.1) is 0 Å². The normalized spacial score (nSPS) is 15.6. The fraction of sp³-hybridized carbons (Fsp3) is 0.344. The molecule has 39 heavy (non-hydrogen) atoms. The number of fused-ring (bicyclic) bond motifs is 4. The Hall–Kier alpha value is -4.13. The van der Waals surface area contributed by atoms with Crippen molar-refractivity contribution in [2.75, 3.05) is 7.11 Å². The van der Waals surface area contributed by atoms with Crippen LogP contribution in [0.25, 0.3) is 21.8 Å². The van der Waals surface area contributed by atoms with Crippen molar-refractivity contribution in [2.45, 2.75) is 65.0 Å². The fourth-order valence-corrected chi connectivity index (χ4v) is 5.46. The summed E-state index contributed by atoms with van der Waals surface area (Å²) in [5, 5.41) is 12.5. The fourth-order valence-electron chi connectivity index (χ4n) is 5.46. The summed E-state index contributed by atoms with van der Waals surface area (Å²) in [5.74, 6) is -2.24. The molecule has 0 radical (unpaired) electrons. The molecule has 5 rings (SSSR count). The minimum atomic E-state index is -2.05. The van der Waals surface area contributed by atoms with Crippen LogP contribution in [0.3, 0.4) is 0 Å². The minimum absolute atomic E-state index is 0.123. The van der Waals surface area contributed by atoms with Crippen molar-refractivity contribution >= 4 is 39.6 Å². The summed E-state index contributed by atoms with van der Waals surface area (Å²) < 4.78 is 6.88. The first-order chi connectivity index (χ1) is 18.1. The van der Waals surface area contributed by atoms with Gasteiger partial charge in [-0.2, -0.15) is 0 Å². The average Bonchev–Trinajstić information content (AvgIpc) is 3.33. The van der Waals surface area contributed by atoms with E-state index in [0.29, 0.717) is 16.8 Å². The summed E-state index contributed by atoms with van der Waals surface area (Å²) in [7, 11) is 1.47. The standard InChI is InChI=1S/C32H34N2O5/c1-30(2,3)18-9-13-25-22(15-18)23-16-19(31(4,5)6)10-14-26(23)33(25)32(7,29(37)38)34-27(35)21-12-11-20(39-8)17-24(21)28(34)36/h9-17H,1-8H3,(H,37,38). The van der Waals surface area contributed by atoms with Gasteiger partial charge in [-0.1, -0.05) is 53.7 Å². The van der Waals surface area contributed by atoms with Crippen molar-refractivity contribution in [3.05, 3.63) is 76.9 Å². The lowest BCUT2D eigenvalue weighted by Gasteiger charge is -2.36. The third-order valence-corrected chi connectivity index (χ3v) is 7.87. The summed E-state index contributed by atoms with van der Waals surface area (Å²) in [4.78, 5) is 41.5. The van der Waals surface area contributed by atoms with Crippen LogP contribution in [-0.2, 0) is 21.3 Å². The predicted octanol–water partition coefficient (Wildman–Crippen LogP) is 6.45. The molecular weight excluding hydrogens is 492 g/mol. The largest absolute Gasteiger partial charge is 0.497 e. The number of carbonyl (C=O) groups is 3. The number of nitrogens with zero attached hydrogens (tertiary/aromatic N) is 2. The Balaban J connectivity index is 1.85. The number of methoxy groups -OCH3 is 1. The van der Waals surface area contributed by atoms with Gasteiger partial charge in [0.25, 0.3) is 11.8 Å². The van der Waals surface area contributed by atoms with Crippen molar-refractivity contribution in [2.24, 2.45) is 0 Å². The van der Waals surface area contributed by atoms with Gasteiger partial charge in [0.1, 0.15) is 5.75 Å². The van der Waals surface area contributed by atoms with Crippen LogP contribution < -0.4 is 4.74 Å². The van der Waals surface area contributed by atoms with Crippen LogP contribution in [0.2, 0.25) is 0 Å². The number of amides is 2. The predicted molar refractivity (Wildman–Crippen MR) is 152 cm³/mol. The molecule has 0 saturated heterocycles. The molecule has 202 valence electrons. The molecule has 0 spiro atoms. The number of carboxylic acids is 1. The van der Waals surface area contributed by atoms with Crippen LogP contribution in [0.1, 0.15) is 80.3 Å². The van der Waals surface area contributed by atoms with Crippen LogP contribution in [0.4, 0.5) is 0 Å². The molecule has 4 aromatic rings. The second kappa shape index (κ2) is 8.43. The zero-order chi connectivity index (χ0) is 28.7. The quantitative estimate of drug-likeness (QED) is 0.309. The summed E-state index contributed by atoms with van der Waals surface area (Å²) in [6.45, 7) is 14.2. The van der Waals surface area contributed by atoms with E-state index in [1.807, 2.05) is 24.3 Å². The van der Waals surface area contributed by atoms with Crippen molar-refractivity contribution in [1.29, 1.82) is 0 Å². The molecule has 1 unspecified atom stereocenters. The Morgan fingerprint density at radius 3 is 1.64 bits per heavy atom. The Labute approximate surface area is 228 Å². The Kier molecular flexibility index (Phi) is 5.73. The topological polar surface area (TPSA) is 88.8 Å². The third kappa shape index (κ3) is 3.82. The monoisotopic (exact) mass is 526 g/mol. The van der Waals surface area contributed by atoms with E-state index in [0.717, 1.165) is 26.8 Å². The maximum Gasteiger partial charge on any atom is 0.351 e. The van der Waals surface area contributed by atoms with Crippen molar-refractivity contribution in [1.82, 2.24) is 9.47 Å². The van der Waals surface area contributed by atoms with Gasteiger partial charge in [0.15, 0.2) is 0 Å². The molecule has 1 N–H and O–H groups in total. The highest BCUT2D eigenvalue weighted by Crippen LogP contribution is 2.42. The number of aromatic nitrogens is 1. The van der Waals surface area contributed by atoms with E-state index in [-0.39, 0.29) is 22.0 Å². The lowest BCUT2D eigenvalue weighted by molar-refractivity contribution is -0.152. The molecule has 1 aliphatic heterocycles. The number of rotatable bonds is 4. The van der Waals surface area contributed by atoms with Crippen LogP contribution in [0.5, 0.6) is 5.75 Å². The van der Waals surface area contributed by atoms with Crippen molar-refractivity contribution < 1.29 is 24.2 Å². The number of aliphatic carboxylic acids is 1. The van der Waals surface area contributed by atoms with Gasteiger partial charge < -0.3 is 14.4 Å². The van der Waals surface area contributed by atoms with Crippen molar-refractivity contribution in [3.8, 4) is 5.75 Å². The molecule has 7 nitrogen and oxygen atoms in total. The van der Waals surface area contributed by atoms with Gasteiger partial charge in [-0.25, -0.2) is 9.69 Å². The first-order valence-electron chi connectivity index (χ1n) is 13.0. The smallest absolute Gasteiger partial charge is 0.351 e. The molecular formula is C32H34N2O5. The number of hydrogen-bond acceptors (Lipinski definition) is 4. The second-order valence-electron chi connectivity index (χ2n) is 12.5. The summed E-state index contributed by atoms with van der Waals surface area (Å²) in [5.41, 5.74) is 1.40. The van der Waals surface area contributed by atoms with Gasteiger partial charge in [0.2, 0.25) is 5.66 Å². The maximum atomic E-state index is 13.7. The van der Waals surface area contributed by atoms with E-state index in [9.17, 15) is 19.5 Å². The highest BCUT2D eigenvalue weighted by atomic mass is 16.5. The summed E-state index contributed by atoms with van der Waals surface area (Å²) >= 11 is 0. The summed E-state index contributed by atoms with van der Waals surface area (Å²) in [6, 6.07) is 16.5. The van der Waals surface area contributed by atoms with Gasteiger partial charge in [0, 0.05) is 10.8 Å². The van der Waals surface area contributed by atoms with E-state index in [2.05, 4.69) is 53.7 Å². The van der Waals surface area contributed by atoms with Crippen LogP contribution in [0.15, 0.2) is 54.6 Å². The lowest BCUT2D eigenvalue weighted by Crippen LogP contribution is -2.56. The number of benzene rings is 3. The maximum absolute atomic E-state index is 13.7. The molecule has 0 fully saturated rings. The second-order valence-corrected chi connectivity index (χ2v) is 12.5. The Morgan fingerprint density at radius 1 is 0.718 bits per heavy atom. The molecule has 0 saturated carbocycles. The number of ether oxygens (including phenoxy) is 1. The van der Waals surface area contributed by atoms with E-state index in [4.69, 9.17) is 4.74 Å². The Morgan fingerprint density at radius 2 is 1.21 bits per heavy atom. The first-order valence-corrected chi connectivity index (χ1v) is 13.0. The van der Waals surface area contributed by atoms with E-state index in [1.54, 1.807) is 10.6 Å². The SMILES string of the molecule is COc1ccc2c(c1)C(=O)N(C(C)(C(=O)O)n1c3ccc(C(C)(C)C)cc3c3cc(C(C)(C)C)ccc31)C2=O. The lowest BCUT2D eigenvalue weighted by atomic mass is 9.85. The number of carboxylic acid groups (broad SMARTS) is 1. The number of imide groups is 1. The number of carbonyl (C=O) groups excluding carboxylic acids is 2. The zero-order valence-corrected chi connectivity index (χ0v) is 23.7. The molecule has 1 aliphatic rings. The van der Waals surface area contributed by atoms with Gasteiger partial charge in [-0.3, -0.25) is 9.59 Å². The van der Waals surface area contributed by atoms with Crippen molar-refractivity contribution in [3.63, 3.8) is 0 Å². The van der Waals surface area contributed by atoms with Crippen LogP contribution in [-0.4, -0.2) is 39.5 Å². The van der Waals surface area contributed by atoms with E-state index in [1.165, 1.54) is 26.2 Å². The molecule has 2 amide bonds. The highest BCUT2D eigenvalue weighted by Gasteiger charge is 2.53. The Bertz CT molecular complexity index is 1630. The molecule has 3 aromatic carbocycles. The zero-order valence-electron chi connectivity index (χ0n) is 23.7. The first kappa shape index (κ1) is 26.5. The molecule has 2 heterocycles. The highest BCUT2D eigenvalue weighted by molar-refractivity contribution is 6.23. The molecule has 0 aliphatic carbocycles. The van der Waals surface area contributed by atoms with Gasteiger partial charge in [-0.05, 0) is 71.3 Å². The van der Waals surface area contributed by atoms with Crippen LogP contribution >= 0.6 is 0 Å². The van der Waals surface area contributed by atoms with Gasteiger partial charge in [-0.15, -0.1) is 0 Å². The molecule has 1 aromatic heterocycles. The molecule has 1 atom stereocenters. The van der Waals surface area contributed by atoms with Gasteiger partial charge >= 0.3 is 5.97 Å². The van der Waals surface area contributed by atoms with E-state index >= 15 is 0 Å².